The Hall–Kier alpha value is -1.60. The van der Waals surface area contributed by atoms with Gasteiger partial charge >= 0.3 is 7.60 Å². The molecule has 0 unspecified atom stereocenters. The molecule has 1 aromatic rings. The first-order valence-electron chi connectivity index (χ1n) is 7.54. The molecule has 0 saturated carbocycles. The molecule has 1 aliphatic carbocycles. The van der Waals surface area contributed by atoms with E-state index in [1.165, 1.54) is 0 Å². The topological polar surface area (TPSA) is 68.5 Å². The lowest BCUT2D eigenvalue weighted by molar-refractivity contribution is 0.139. The van der Waals surface area contributed by atoms with Gasteiger partial charge in [-0.15, -0.1) is 0 Å². The van der Waals surface area contributed by atoms with Crippen molar-refractivity contribution in [3.63, 3.8) is 0 Å². The number of nitriles is 1. The van der Waals surface area contributed by atoms with Crippen LogP contribution in [0.2, 0.25) is 0 Å². The lowest BCUT2D eigenvalue weighted by atomic mass is 10.1. The second kappa shape index (κ2) is 6.49. The average Bonchev–Trinajstić information content (AvgIpc) is 3.22. The summed E-state index contributed by atoms with van der Waals surface area (Å²) in [5, 5.41) is 8.38. The van der Waals surface area contributed by atoms with Gasteiger partial charge in [-0.3, -0.25) is 4.57 Å². The van der Waals surface area contributed by atoms with Gasteiger partial charge in [-0.1, -0.05) is 12.1 Å². The molecule has 0 saturated heterocycles. The fourth-order valence-electron chi connectivity index (χ4n) is 2.37. The molecule has 0 radical (unpaired) electrons. The fourth-order valence-corrected chi connectivity index (χ4v) is 4.70. The highest BCUT2D eigenvalue weighted by Crippen LogP contribution is 2.73. The Morgan fingerprint density at radius 3 is 2.00 bits per heavy atom. The third-order valence-corrected chi connectivity index (χ3v) is 6.12. The van der Waals surface area contributed by atoms with Gasteiger partial charge in [0.2, 0.25) is 5.16 Å². The van der Waals surface area contributed by atoms with Crippen molar-refractivity contribution in [2.24, 2.45) is 0 Å². The molecule has 0 heterocycles. The molecule has 1 atom stereocenters. The fraction of sp³-hybridized carbons (Fsp3) is 0.471. The lowest BCUT2D eigenvalue weighted by Gasteiger charge is -2.27. The Morgan fingerprint density at radius 1 is 1.09 bits per heavy atom. The predicted molar refractivity (Wildman–Crippen MR) is 89.4 cm³/mol. The van der Waals surface area contributed by atoms with E-state index in [-0.39, 0.29) is 12.2 Å². The molecular formula is C17H22NO4P. The third kappa shape index (κ3) is 3.35. The first-order chi connectivity index (χ1) is 10.8. The number of nitrogens with zero attached hydrogens (tertiary/aromatic N) is 1. The van der Waals surface area contributed by atoms with Gasteiger partial charge in [-0.2, -0.15) is 5.26 Å². The summed E-state index contributed by atoms with van der Waals surface area (Å²) < 4.78 is 29.6. The van der Waals surface area contributed by atoms with Crippen LogP contribution in [-0.2, 0) is 13.6 Å². The van der Waals surface area contributed by atoms with Gasteiger partial charge in [0, 0.05) is 0 Å². The van der Waals surface area contributed by atoms with Crippen LogP contribution in [0.1, 0.15) is 33.3 Å². The van der Waals surface area contributed by atoms with Crippen LogP contribution in [0.15, 0.2) is 30.3 Å². The van der Waals surface area contributed by atoms with Crippen molar-refractivity contribution in [3.05, 3.63) is 35.9 Å². The van der Waals surface area contributed by atoms with Gasteiger partial charge in [0.1, 0.15) is 5.75 Å². The monoisotopic (exact) mass is 335 g/mol. The SMILES string of the molecule is COc1ccc(C2=C[C@]2(C#N)P(=O)(OC(C)C)OC(C)C)cc1. The van der Waals surface area contributed by atoms with Crippen molar-refractivity contribution in [1.82, 2.24) is 0 Å². The molecule has 0 aliphatic heterocycles. The van der Waals surface area contributed by atoms with Gasteiger partial charge in [-0.05, 0) is 57.0 Å². The number of ether oxygens (including phenoxy) is 1. The largest absolute Gasteiger partial charge is 0.497 e. The molecule has 5 nitrogen and oxygen atoms in total. The van der Waals surface area contributed by atoms with E-state index in [1.54, 1.807) is 53.0 Å². The second-order valence-corrected chi connectivity index (χ2v) is 8.09. The number of hydrogen-bond acceptors (Lipinski definition) is 5. The van der Waals surface area contributed by atoms with E-state index in [9.17, 15) is 9.83 Å². The Labute approximate surface area is 137 Å². The summed E-state index contributed by atoms with van der Waals surface area (Å²) in [6, 6.07) is 9.41. The molecule has 0 N–H and O–H groups in total. The van der Waals surface area contributed by atoms with Crippen LogP contribution in [0, 0.1) is 11.3 Å². The lowest BCUT2D eigenvalue weighted by Crippen LogP contribution is -2.21. The normalized spacial score (nSPS) is 20.3. The average molecular weight is 335 g/mol. The summed E-state index contributed by atoms with van der Waals surface area (Å²) in [6.45, 7) is 7.10. The Bertz CT molecular complexity index is 674. The maximum Gasteiger partial charge on any atom is 0.359 e. The molecule has 0 bridgehead atoms. The third-order valence-electron chi connectivity index (χ3n) is 3.38. The molecule has 2 rings (SSSR count). The number of methoxy groups -OCH3 is 1. The smallest absolute Gasteiger partial charge is 0.359 e. The summed E-state index contributed by atoms with van der Waals surface area (Å²) in [5.74, 6) is 0.720. The first-order valence-corrected chi connectivity index (χ1v) is 9.08. The van der Waals surface area contributed by atoms with E-state index in [4.69, 9.17) is 13.8 Å². The van der Waals surface area contributed by atoms with Crippen molar-refractivity contribution in [2.75, 3.05) is 7.11 Å². The Balaban J connectivity index is 2.34. The van der Waals surface area contributed by atoms with Crippen molar-refractivity contribution in [2.45, 2.75) is 45.1 Å². The Kier molecular flexibility index (Phi) is 5.01. The second-order valence-electron chi connectivity index (χ2n) is 5.97. The molecule has 23 heavy (non-hydrogen) atoms. The molecule has 1 aromatic carbocycles. The minimum absolute atomic E-state index is 0.309. The maximum atomic E-state index is 13.3. The highest BCUT2D eigenvalue weighted by Gasteiger charge is 2.63. The van der Waals surface area contributed by atoms with Crippen LogP contribution in [0.4, 0.5) is 0 Å². The number of hydrogen-bond donors (Lipinski definition) is 0. The van der Waals surface area contributed by atoms with Crippen LogP contribution in [0.3, 0.4) is 0 Å². The van der Waals surface area contributed by atoms with Gasteiger partial charge < -0.3 is 13.8 Å². The summed E-state index contributed by atoms with van der Waals surface area (Å²) in [5.41, 5.74) is 1.49. The standard InChI is InChI=1S/C17H22NO4P/c1-12(2)21-23(19,22-13(3)4)17(11-18)10-16(17)14-6-8-15(20-5)9-7-14/h6-10,12-13H,1-5H3/t17-/m1/s1. The van der Waals surface area contributed by atoms with Crippen molar-refractivity contribution < 1.29 is 18.3 Å². The highest BCUT2D eigenvalue weighted by atomic mass is 31.2. The van der Waals surface area contributed by atoms with Gasteiger partial charge in [0.05, 0.1) is 25.4 Å². The van der Waals surface area contributed by atoms with Crippen LogP contribution in [0.5, 0.6) is 5.75 Å². The minimum atomic E-state index is -3.65. The van der Waals surface area contributed by atoms with Crippen LogP contribution in [-0.4, -0.2) is 24.5 Å². The predicted octanol–water partition coefficient (Wildman–Crippen LogP) is 4.40. The van der Waals surface area contributed by atoms with E-state index < -0.39 is 12.8 Å². The summed E-state index contributed by atoms with van der Waals surface area (Å²) >= 11 is 0. The van der Waals surface area contributed by atoms with Crippen LogP contribution < -0.4 is 4.74 Å². The van der Waals surface area contributed by atoms with E-state index >= 15 is 0 Å². The number of rotatable bonds is 7. The quantitative estimate of drug-likeness (QED) is 0.691. The van der Waals surface area contributed by atoms with Crippen LogP contribution >= 0.6 is 7.60 Å². The van der Waals surface area contributed by atoms with E-state index in [0.717, 1.165) is 11.3 Å². The van der Waals surface area contributed by atoms with Crippen LogP contribution in [0.25, 0.3) is 5.57 Å². The zero-order chi connectivity index (χ0) is 17.3. The summed E-state index contributed by atoms with van der Waals surface area (Å²) in [7, 11) is -2.06. The maximum absolute atomic E-state index is 13.3. The van der Waals surface area contributed by atoms with E-state index in [0.29, 0.717) is 5.57 Å². The van der Waals surface area contributed by atoms with Crippen molar-refractivity contribution in [1.29, 1.82) is 5.26 Å². The highest BCUT2D eigenvalue weighted by molar-refractivity contribution is 7.57. The summed E-state index contributed by atoms with van der Waals surface area (Å²) in [6.07, 6.45) is 1.05. The molecule has 0 aromatic heterocycles. The molecule has 0 amide bonds. The van der Waals surface area contributed by atoms with Gasteiger partial charge in [0.15, 0.2) is 0 Å². The summed E-state index contributed by atoms with van der Waals surface area (Å²) in [4.78, 5) is 0. The van der Waals surface area contributed by atoms with E-state index in [1.807, 2.05) is 12.1 Å². The van der Waals surface area contributed by atoms with Gasteiger partial charge in [0.25, 0.3) is 0 Å². The number of benzene rings is 1. The number of allylic oxidation sites excluding steroid dienone is 2. The van der Waals surface area contributed by atoms with Crippen molar-refractivity contribution in [3.8, 4) is 11.8 Å². The molecule has 0 spiro atoms. The molecule has 1 aliphatic rings. The minimum Gasteiger partial charge on any atom is -0.497 e. The van der Waals surface area contributed by atoms with Gasteiger partial charge in [-0.25, -0.2) is 0 Å². The molecular weight excluding hydrogens is 313 g/mol. The first kappa shape index (κ1) is 17.7. The molecule has 0 fully saturated rings. The molecule has 6 heteroatoms. The van der Waals surface area contributed by atoms with Crippen molar-refractivity contribution >= 4 is 13.2 Å². The van der Waals surface area contributed by atoms with E-state index in [2.05, 4.69) is 6.07 Å². The zero-order valence-corrected chi connectivity index (χ0v) is 15.0. The zero-order valence-electron chi connectivity index (χ0n) is 14.1. The Morgan fingerprint density at radius 2 is 1.61 bits per heavy atom. The molecule has 124 valence electrons.